The van der Waals surface area contributed by atoms with Crippen LogP contribution >= 0.6 is 11.6 Å². The summed E-state index contributed by atoms with van der Waals surface area (Å²) in [4.78, 5) is 34.8. The van der Waals surface area contributed by atoms with Gasteiger partial charge >= 0.3 is 6.01 Å². The van der Waals surface area contributed by atoms with Crippen molar-refractivity contribution in [2.45, 2.75) is 51.4 Å². The summed E-state index contributed by atoms with van der Waals surface area (Å²) in [5.41, 5.74) is 0.852. The number of alkyl halides is 1. The first-order valence-corrected chi connectivity index (χ1v) is 18.9. The number of pyridine rings is 1. The molecule has 0 spiro atoms. The van der Waals surface area contributed by atoms with E-state index in [1.165, 1.54) is 26.9 Å². The summed E-state index contributed by atoms with van der Waals surface area (Å²) in [5.74, 6) is -0.0736. The van der Waals surface area contributed by atoms with Crippen LogP contribution in [0.15, 0.2) is 54.7 Å². The number of fused-ring (bicyclic) bond motifs is 3. The second kappa shape index (κ2) is 18.2. The van der Waals surface area contributed by atoms with Crippen molar-refractivity contribution in [2.75, 3.05) is 77.6 Å². The Bertz CT molecular complexity index is 1980. The van der Waals surface area contributed by atoms with Crippen molar-refractivity contribution in [1.82, 2.24) is 29.7 Å². The van der Waals surface area contributed by atoms with Crippen LogP contribution in [0.5, 0.6) is 6.01 Å². The first-order chi connectivity index (χ1) is 26.2. The molecule has 2 aromatic heterocycles. The molecule has 1 amide bonds. The Hall–Kier alpha value is -4.48. The number of hydrogen-bond acceptors (Lipinski definition) is 10. The van der Waals surface area contributed by atoms with Gasteiger partial charge < -0.3 is 19.3 Å². The van der Waals surface area contributed by atoms with Gasteiger partial charge in [-0.2, -0.15) is 15.2 Å². The third-order valence-electron chi connectivity index (χ3n) is 10.4. The van der Waals surface area contributed by atoms with Crippen LogP contribution in [-0.4, -0.2) is 126 Å². The molecule has 0 saturated carbocycles. The van der Waals surface area contributed by atoms with E-state index in [0.29, 0.717) is 60.6 Å². The predicted molar refractivity (Wildman–Crippen MR) is 207 cm³/mol. The van der Waals surface area contributed by atoms with Gasteiger partial charge in [0.2, 0.25) is 5.91 Å². The van der Waals surface area contributed by atoms with Gasteiger partial charge in [-0.25, -0.2) is 8.78 Å². The van der Waals surface area contributed by atoms with E-state index in [9.17, 15) is 9.18 Å². The third kappa shape index (κ3) is 8.90. The highest BCUT2D eigenvalue weighted by Crippen LogP contribution is 2.37. The molecule has 3 unspecified atom stereocenters. The van der Waals surface area contributed by atoms with E-state index >= 15 is 4.39 Å². The van der Waals surface area contributed by atoms with E-state index in [1.807, 2.05) is 40.1 Å². The number of halogens is 3. The monoisotopic (exact) mass is 760 g/mol. The number of methoxy groups -OCH3 is 1. The molecule has 14 heteroatoms. The maximum atomic E-state index is 16.2. The number of amides is 1. The minimum atomic E-state index is -0.574. The van der Waals surface area contributed by atoms with E-state index in [0.717, 1.165) is 50.0 Å². The summed E-state index contributed by atoms with van der Waals surface area (Å²) >= 11 is 6.52. The van der Waals surface area contributed by atoms with E-state index < -0.39 is 12.0 Å². The predicted octanol–water partition coefficient (Wildman–Crippen LogP) is 6.29. The molecule has 4 aliphatic heterocycles. The Labute approximate surface area is 320 Å². The Morgan fingerprint density at radius 3 is 2.52 bits per heavy atom. The molecule has 2 aromatic carbocycles. The smallest absolute Gasteiger partial charge is 0.318 e. The summed E-state index contributed by atoms with van der Waals surface area (Å²) in [6.45, 7) is 10.6. The van der Waals surface area contributed by atoms with Gasteiger partial charge in [0.1, 0.15) is 23.2 Å². The van der Waals surface area contributed by atoms with Crippen molar-refractivity contribution in [3.05, 3.63) is 65.6 Å². The van der Waals surface area contributed by atoms with Crippen LogP contribution in [0.4, 0.5) is 14.6 Å². The van der Waals surface area contributed by atoms with Gasteiger partial charge in [-0.3, -0.25) is 19.6 Å². The second-order valence-corrected chi connectivity index (χ2v) is 14.2. The zero-order valence-corrected chi connectivity index (χ0v) is 31.8. The lowest BCUT2D eigenvalue weighted by molar-refractivity contribution is -0.126. The molecular weight excluding hydrogens is 714 g/mol. The zero-order chi connectivity index (χ0) is 38.2. The molecule has 4 fully saturated rings. The summed E-state index contributed by atoms with van der Waals surface area (Å²) in [6.07, 6.45) is 8.04. The molecule has 8 rings (SSSR count). The Balaban J connectivity index is 0.000000352. The number of piperazine rings is 1. The van der Waals surface area contributed by atoms with Crippen molar-refractivity contribution in [1.29, 1.82) is 5.26 Å². The average Bonchev–Trinajstić information content (AvgIpc) is 3.79. The Morgan fingerprint density at radius 1 is 1.09 bits per heavy atom. The molecule has 0 aliphatic carbocycles. The standard InChI is InChI=1S/C31H32ClFN6O3.C7H12FN.C2H3N/c1-20(37-15-17-42-18-16-37)9-10-25(40)38-11-13-39(14-12-38)30-23-19-34-28(27(33)29(23)35-31(36-30)41-2)22-7-3-5-21-6-4-8-24(32)26(21)22;8-6-4-7-2-1-3-9(7)5-6;1-2-3/h3-10,19-20H,11-18H2,1-2H3;6-7H,1-5H2;1H3/b10-9+;;. The zero-order valence-electron chi connectivity index (χ0n) is 31.1. The first kappa shape index (κ1) is 39.2. The van der Waals surface area contributed by atoms with E-state index in [2.05, 4.69) is 31.7 Å². The van der Waals surface area contributed by atoms with Crippen LogP contribution in [0.25, 0.3) is 32.9 Å². The minimum absolute atomic E-state index is 0.0222. The van der Waals surface area contributed by atoms with Gasteiger partial charge in [0.25, 0.3) is 0 Å². The van der Waals surface area contributed by atoms with Gasteiger partial charge in [-0.05, 0) is 44.2 Å². The van der Waals surface area contributed by atoms with Gasteiger partial charge in [0.05, 0.1) is 31.8 Å². The lowest BCUT2D eigenvalue weighted by Crippen LogP contribution is -2.48. The van der Waals surface area contributed by atoms with Crippen molar-refractivity contribution < 1.29 is 23.0 Å². The van der Waals surface area contributed by atoms with Crippen LogP contribution in [0.3, 0.4) is 0 Å². The number of morpholine rings is 1. The number of benzene rings is 2. The molecular formula is C40H47ClF2N8O3. The Kier molecular flexibility index (Phi) is 13.2. The lowest BCUT2D eigenvalue weighted by Gasteiger charge is -2.35. The SMILES string of the molecule is CC#N.COc1nc(N2CCN(C(=O)/C=C/C(C)N3CCOCC3)CC2)c2cnc(-c3cccc4cccc(Cl)c34)c(F)c2n1.FC1CC2CCCN2C1. The van der Waals surface area contributed by atoms with Gasteiger partial charge in [-0.1, -0.05) is 48.0 Å². The van der Waals surface area contributed by atoms with Crippen molar-refractivity contribution in [3.63, 3.8) is 0 Å². The van der Waals surface area contributed by atoms with E-state index in [1.54, 1.807) is 30.5 Å². The molecule has 0 radical (unpaired) electrons. The fraction of sp³-hybridized carbons (Fsp3) is 0.475. The number of hydrogen-bond donors (Lipinski definition) is 0. The van der Waals surface area contributed by atoms with Crippen molar-refractivity contribution in [2.24, 2.45) is 0 Å². The molecule has 4 aromatic rings. The van der Waals surface area contributed by atoms with Crippen LogP contribution in [0.2, 0.25) is 5.02 Å². The quantitative estimate of drug-likeness (QED) is 0.208. The van der Waals surface area contributed by atoms with E-state index in [4.69, 9.17) is 26.3 Å². The number of carbonyl (C=O) groups is 1. The highest BCUT2D eigenvalue weighted by Gasteiger charge is 2.34. The molecule has 54 heavy (non-hydrogen) atoms. The number of anilines is 1. The maximum absolute atomic E-state index is 16.2. The van der Waals surface area contributed by atoms with Crippen molar-refractivity contribution >= 4 is 45.0 Å². The molecule has 3 atom stereocenters. The fourth-order valence-corrected chi connectivity index (χ4v) is 7.92. The summed E-state index contributed by atoms with van der Waals surface area (Å²) in [7, 11) is 1.45. The summed E-state index contributed by atoms with van der Waals surface area (Å²) in [6, 6.07) is 13.7. The molecule has 286 valence electrons. The normalized spacial score (nSPS) is 20.9. The van der Waals surface area contributed by atoms with E-state index in [-0.39, 0.29) is 29.2 Å². The second-order valence-electron chi connectivity index (χ2n) is 13.8. The highest BCUT2D eigenvalue weighted by atomic mass is 35.5. The largest absolute Gasteiger partial charge is 0.467 e. The molecule has 0 bridgehead atoms. The molecule has 4 saturated heterocycles. The fourth-order valence-electron chi connectivity index (χ4n) is 7.63. The summed E-state index contributed by atoms with van der Waals surface area (Å²) < 4.78 is 39.6. The van der Waals surface area contributed by atoms with Crippen LogP contribution < -0.4 is 9.64 Å². The number of carbonyl (C=O) groups excluding carboxylic acids is 1. The third-order valence-corrected chi connectivity index (χ3v) is 10.7. The number of ether oxygens (including phenoxy) is 2. The first-order valence-electron chi connectivity index (χ1n) is 18.5. The maximum Gasteiger partial charge on any atom is 0.318 e. The molecule has 0 N–H and O–H groups in total. The molecule has 4 aliphatic rings. The minimum Gasteiger partial charge on any atom is -0.467 e. The highest BCUT2D eigenvalue weighted by molar-refractivity contribution is 6.36. The van der Waals surface area contributed by atoms with Crippen molar-refractivity contribution in [3.8, 4) is 23.3 Å². The van der Waals surface area contributed by atoms with Crippen LogP contribution in [-0.2, 0) is 9.53 Å². The number of rotatable bonds is 6. The molecule has 11 nitrogen and oxygen atoms in total. The van der Waals surface area contributed by atoms with Crippen LogP contribution in [0.1, 0.15) is 33.1 Å². The number of aromatic nitrogens is 3. The number of nitrogens with zero attached hydrogens (tertiary/aromatic N) is 8. The topological polar surface area (TPSA) is 111 Å². The lowest BCUT2D eigenvalue weighted by atomic mass is 10.0. The molecule has 6 heterocycles. The average molecular weight is 761 g/mol. The van der Waals surface area contributed by atoms with Gasteiger partial charge in [0.15, 0.2) is 5.82 Å². The van der Waals surface area contributed by atoms with Gasteiger partial charge in [0, 0.05) is 93.1 Å². The Morgan fingerprint density at radius 2 is 1.81 bits per heavy atom. The van der Waals surface area contributed by atoms with Crippen LogP contribution in [0, 0.1) is 17.1 Å². The van der Waals surface area contributed by atoms with Gasteiger partial charge in [-0.15, -0.1) is 0 Å². The number of nitriles is 1. The summed E-state index contributed by atoms with van der Waals surface area (Å²) in [5, 5.41) is 9.92.